The fourth-order valence-electron chi connectivity index (χ4n) is 3.93. The zero-order valence-electron chi connectivity index (χ0n) is 16.3. The Balaban J connectivity index is 1.72. The molecule has 0 amide bonds. The van der Waals surface area contributed by atoms with Crippen molar-refractivity contribution < 1.29 is 9.53 Å². The van der Waals surface area contributed by atoms with E-state index >= 15 is 0 Å². The number of esters is 1. The molecule has 0 aliphatic heterocycles. The van der Waals surface area contributed by atoms with Gasteiger partial charge in [0.2, 0.25) is 0 Å². The number of nitriles is 1. The number of methoxy groups -OCH3 is 1. The third kappa shape index (κ3) is 3.90. The van der Waals surface area contributed by atoms with Crippen molar-refractivity contribution in [2.24, 2.45) is 0 Å². The number of allylic oxidation sites excluding steroid dienone is 4. The Hall–Kier alpha value is -3.10. The predicted octanol–water partition coefficient (Wildman–Crippen LogP) is 6.21. The first-order chi connectivity index (χ1) is 14.2. The molecule has 0 atom stereocenters. The standard InChI is InChI=1S/C24H22N2O2S/c1-28-22(27)11-5-7-16-6-4-8-17(14-16)24-23(19-12-13-29-21(19)15-25)18-9-2-3-10-20(18)26-24/h2-3,8-10,12-14,26H,4-7,11H2,1H3. The van der Waals surface area contributed by atoms with E-state index in [0.29, 0.717) is 6.42 Å². The van der Waals surface area contributed by atoms with Crippen molar-refractivity contribution in [1.29, 1.82) is 5.26 Å². The van der Waals surface area contributed by atoms with Crippen molar-refractivity contribution in [3.05, 3.63) is 64.0 Å². The minimum Gasteiger partial charge on any atom is -0.469 e. The number of thiophene rings is 1. The molecule has 3 aromatic rings. The number of aromatic amines is 1. The van der Waals surface area contributed by atoms with Gasteiger partial charge in [0.25, 0.3) is 0 Å². The number of hydrogen-bond donors (Lipinski definition) is 1. The molecule has 0 spiro atoms. The van der Waals surface area contributed by atoms with Gasteiger partial charge in [0, 0.05) is 28.5 Å². The average Bonchev–Trinajstić information content (AvgIpc) is 3.37. The van der Waals surface area contributed by atoms with Crippen LogP contribution in [0.4, 0.5) is 0 Å². The summed E-state index contributed by atoms with van der Waals surface area (Å²) in [5.41, 5.74) is 6.71. The van der Waals surface area contributed by atoms with Crippen LogP contribution in [-0.2, 0) is 9.53 Å². The molecule has 1 N–H and O–H groups in total. The van der Waals surface area contributed by atoms with Gasteiger partial charge in [0.15, 0.2) is 0 Å². The van der Waals surface area contributed by atoms with E-state index in [2.05, 4.69) is 35.3 Å². The van der Waals surface area contributed by atoms with Crippen LogP contribution in [0, 0.1) is 11.3 Å². The molecular formula is C24H22N2O2S. The number of fused-ring (bicyclic) bond motifs is 1. The van der Waals surface area contributed by atoms with Crippen molar-refractivity contribution >= 4 is 33.8 Å². The Morgan fingerprint density at radius 2 is 2.17 bits per heavy atom. The molecule has 2 heterocycles. The number of hydrogen-bond acceptors (Lipinski definition) is 4. The lowest BCUT2D eigenvalue weighted by Crippen LogP contribution is -2.01. The van der Waals surface area contributed by atoms with E-state index in [9.17, 15) is 10.1 Å². The van der Waals surface area contributed by atoms with Crippen LogP contribution < -0.4 is 0 Å². The van der Waals surface area contributed by atoms with E-state index in [-0.39, 0.29) is 5.97 Å². The normalized spacial score (nSPS) is 13.7. The summed E-state index contributed by atoms with van der Waals surface area (Å²) in [6.45, 7) is 0. The van der Waals surface area contributed by atoms with Crippen molar-refractivity contribution in [1.82, 2.24) is 4.98 Å². The molecule has 1 aliphatic rings. The highest BCUT2D eigenvalue weighted by Crippen LogP contribution is 2.41. The van der Waals surface area contributed by atoms with E-state index in [4.69, 9.17) is 4.74 Å². The Labute approximate surface area is 174 Å². The first-order valence-electron chi connectivity index (χ1n) is 9.76. The van der Waals surface area contributed by atoms with Gasteiger partial charge >= 0.3 is 5.97 Å². The van der Waals surface area contributed by atoms with Crippen molar-refractivity contribution in [3.8, 4) is 17.2 Å². The lowest BCUT2D eigenvalue weighted by molar-refractivity contribution is -0.140. The fraction of sp³-hybridized carbons (Fsp3) is 0.250. The topological polar surface area (TPSA) is 65.9 Å². The van der Waals surface area contributed by atoms with Crippen LogP contribution in [0.5, 0.6) is 0 Å². The van der Waals surface area contributed by atoms with Gasteiger partial charge in [0.05, 0.1) is 12.8 Å². The quantitative estimate of drug-likeness (QED) is 0.498. The van der Waals surface area contributed by atoms with Crippen LogP contribution in [0.2, 0.25) is 0 Å². The van der Waals surface area contributed by atoms with Gasteiger partial charge in [-0.1, -0.05) is 35.9 Å². The van der Waals surface area contributed by atoms with Gasteiger partial charge in [-0.05, 0) is 48.8 Å². The summed E-state index contributed by atoms with van der Waals surface area (Å²) < 4.78 is 4.74. The summed E-state index contributed by atoms with van der Waals surface area (Å²) in [5.74, 6) is -0.156. The summed E-state index contributed by atoms with van der Waals surface area (Å²) >= 11 is 1.47. The first kappa shape index (κ1) is 19.2. The molecule has 0 saturated carbocycles. The average molecular weight is 403 g/mol. The van der Waals surface area contributed by atoms with Gasteiger partial charge in [-0.25, -0.2) is 0 Å². The van der Waals surface area contributed by atoms with Crippen LogP contribution in [-0.4, -0.2) is 18.1 Å². The summed E-state index contributed by atoms with van der Waals surface area (Å²) in [5, 5.41) is 12.7. The van der Waals surface area contributed by atoms with E-state index in [1.54, 1.807) is 0 Å². The van der Waals surface area contributed by atoms with Crippen LogP contribution in [0.15, 0.2) is 53.4 Å². The molecule has 1 aromatic carbocycles. The highest BCUT2D eigenvalue weighted by Gasteiger charge is 2.20. The van der Waals surface area contributed by atoms with Gasteiger partial charge in [0.1, 0.15) is 10.9 Å². The number of nitrogens with one attached hydrogen (secondary N) is 1. The van der Waals surface area contributed by atoms with Crippen LogP contribution in [0.3, 0.4) is 0 Å². The number of para-hydroxylation sites is 1. The van der Waals surface area contributed by atoms with Crippen molar-refractivity contribution in [3.63, 3.8) is 0 Å². The zero-order valence-corrected chi connectivity index (χ0v) is 17.1. The number of carbonyl (C=O) groups excluding carboxylic acids is 1. The Morgan fingerprint density at radius 3 is 3.00 bits per heavy atom. The Morgan fingerprint density at radius 1 is 1.31 bits per heavy atom. The minimum atomic E-state index is -0.156. The van der Waals surface area contributed by atoms with Crippen LogP contribution in [0.25, 0.3) is 27.6 Å². The lowest BCUT2D eigenvalue weighted by atomic mass is 9.91. The second-order valence-corrected chi connectivity index (χ2v) is 8.04. The predicted molar refractivity (Wildman–Crippen MR) is 117 cm³/mol. The zero-order chi connectivity index (χ0) is 20.2. The van der Waals surface area contributed by atoms with Crippen LogP contribution >= 0.6 is 11.3 Å². The number of ether oxygens (including phenoxy) is 1. The second-order valence-electron chi connectivity index (χ2n) is 7.13. The lowest BCUT2D eigenvalue weighted by Gasteiger charge is -2.15. The number of rotatable bonds is 6. The largest absolute Gasteiger partial charge is 0.469 e. The molecule has 4 rings (SSSR count). The smallest absolute Gasteiger partial charge is 0.305 e. The molecule has 0 bridgehead atoms. The third-order valence-electron chi connectivity index (χ3n) is 5.33. The molecule has 0 radical (unpaired) electrons. The van der Waals surface area contributed by atoms with E-state index in [1.165, 1.54) is 24.0 Å². The Kier molecular flexibility index (Phi) is 5.64. The molecule has 29 heavy (non-hydrogen) atoms. The number of nitrogens with zero attached hydrogens (tertiary/aromatic N) is 1. The summed E-state index contributed by atoms with van der Waals surface area (Å²) in [4.78, 5) is 15.7. The maximum absolute atomic E-state index is 11.4. The van der Waals surface area contributed by atoms with Gasteiger partial charge < -0.3 is 9.72 Å². The molecule has 146 valence electrons. The summed E-state index contributed by atoms with van der Waals surface area (Å²) in [6.07, 6.45) is 8.64. The third-order valence-corrected chi connectivity index (χ3v) is 6.15. The minimum absolute atomic E-state index is 0.156. The van der Waals surface area contributed by atoms with E-state index in [0.717, 1.165) is 63.9 Å². The molecule has 0 saturated heterocycles. The number of H-pyrrole nitrogens is 1. The maximum Gasteiger partial charge on any atom is 0.305 e. The monoisotopic (exact) mass is 402 g/mol. The highest BCUT2D eigenvalue weighted by molar-refractivity contribution is 7.11. The molecule has 1 aliphatic carbocycles. The van der Waals surface area contributed by atoms with Crippen molar-refractivity contribution in [2.45, 2.75) is 32.1 Å². The SMILES string of the molecule is COC(=O)CCCC1=CC(c2[nH]c3ccccc3c2-c2ccsc2C#N)=CCC1. The molecule has 0 fully saturated rings. The van der Waals surface area contributed by atoms with Crippen molar-refractivity contribution in [2.75, 3.05) is 7.11 Å². The maximum atomic E-state index is 11.4. The highest BCUT2D eigenvalue weighted by atomic mass is 32.1. The first-order valence-corrected chi connectivity index (χ1v) is 10.6. The number of aromatic nitrogens is 1. The molecular weight excluding hydrogens is 380 g/mol. The summed E-state index contributed by atoms with van der Waals surface area (Å²) in [7, 11) is 1.43. The van der Waals surface area contributed by atoms with Gasteiger partial charge in [-0.2, -0.15) is 5.26 Å². The number of benzene rings is 1. The Bertz CT molecular complexity index is 1160. The van der Waals surface area contributed by atoms with Gasteiger partial charge in [-0.3, -0.25) is 4.79 Å². The van der Waals surface area contributed by atoms with Crippen LogP contribution in [0.1, 0.15) is 42.7 Å². The molecule has 5 heteroatoms. The fourth-order valence-corrected chi connectivity index (χ4v) is 4.62. The van der Waals surface area contributed by atoms with E-state index < -0.39 is 0 Å². The molecule has 2 aromatic heterocycles. The van der Waals surface area contributed by atoms with E-state index in [1.807, 2.05) is 23.6 Å². The summed E-state index contributed by atoms with van der Waals surface area (Å²) in [6, 6.07) is 12.6. The van der Waals surface area contributed by atoms with Gasteiger partial charge in [-0.15, -0.1) is 11.3 Å². The second kappa shape index (κ2) is 8.50. The number of carbonyl (C=O) groups is 1. The molecule has 0 unspecified atom stereocenters. The molecule has 4 nitrogen and oxygen atoms in total.